The lowest BCUT2D eigenvalue weighted by Crippen LogP contribution is -2.41. The Kier molecular flexibility index (Phi) is 8.01. The van der Waals surface area contributed by atoms with Gasteiger partial charge in [0.05, 0.1) is 13.7 Å². The minimum atomic E-state index is -0.672. The Morgan fingerprint density at radius 2 is 1.59 bits per heavy atom. The maximum absolute atomic E-state index is 12.3. The standard InChI is InChI=1S/C25H27N3O4/c1-3-22(25(31)32-2)28-24(30)19-10-6-17(7-11-19)4-5-18-8-12-21(13-9-18)27-23(29)16-26-20-14-15-20/h6-13,20,22,26H,3,14-16H2,1-2H3,(H,27,29)(H,28,30)/t22-/m0/s1. The lowest BCUT2D eigenvalue weighted by atomic mass is 10.1. The molecule has 0 aromatic heterocycles. The zero-order chi connectivity index (χ0) is 22.9. The predicted octanol–water partition coefficient (Wildman–Crippen LogP) is 2.46. The van der Waals surface area contributed by atoms with Crippen molar-refractivity contribution in [3.05, 3.63) is 65.2 Å². The number of rotatable bonds is 8. The van der Waals surface area contributed by atoms with Gasteiger partial charge in [0.1, 0.15) is 6.04 Å². The van der Waals surface area contributed by atoms with Gasteiger partial charge in [0.25, 0.3) is 5.91 Å². The van der Waals surface area contributed by atoms with Crippen LogP contribution in [-0.4, -0.2) is 43.5 Å². The Morgan fingerprint density at radius 1 is 1.00 bits per heavy atom. The van der Waals surface area contributed by atoms with E-state index in [1.54, 1.807) is 31.2 Å². The lowest BCUT2D eigenvalue weighted by Gasteiger charge is -2.14. The molecule has 32 heavy (non-hydrogen) atoms. The number of carbonyl (C=O) groups excluding carboxylic acids is 3. The van der Waals surface area contributed by atoms with Crippen LogP contribution in [-0.2, 0) is 14.3 Å². The molecule has 0 radical (unpaired) electrons. The molecular weight excluding hydrogens is 406 g/mol. The number of methoxy groups -OCH3 is 1. The van der Waals surface area contributed by atoms with Crippen molar-refractivity contribution in [3.8, 4) is 11.8 Å². The fourth-order valence-corrected chi connectivity index (χ4v) is 2.93. The first kappa shape index (κ1) is 23.0. The van der Waals surface area contributed by atoms with E-state index in [-0.39, 0.29) is 11.8 Å². The molecular formula is C25H27N3O4. The van der Waals surface area contributed by atoms with Gasteiger partial charge in [0.2, 0.25) is 5.91 Å². The number of benzene rings is 2. The van der Waals surface area contributed by atoms with E-state index >= 15 is 0 Å². The highest BCUT2D eigenvalue weighted by atomic mass is 16.5. The van der Waals surface area contributed by atoms with Crippen LogP contribution in [0.2, 0.25) is 0 Å². The highest BCUT2D eigenvalue weighted by Gasteiger charge is 2.21. The van der Waals surface area contributed by atoms with Gasteiger partial charge in [0.15, 0.2) is 0 Å². The Balaban J connectivity index is 1.54. The van der Waals surface area contributed by atoms with E-state index in [1.807, 2.05) is 24.3 Å². The van der Waals surface area contributed by atoms with Crippen molar-refractivity contribution in [2.45, 2.75) is 38.3 Å². The topological polar surface area (TPSA) is 96.5 Å². The first-order valence-corrected chi connectivity index (χ1v) is 10.6. The molecule has 1 aliphatic rings. The van der Waals surface area contributed by atoms with Gasteiger partial charge >= 0.3 is 5.97 Å². The molecule has 2 aromatic carbocycles. The summed E-state index contributed by atoms with van der Waals surface area (Å²) in [7, 11) is 1.29. The molecule has 2 aromatic rings. The third kappa shape index (κ3) is 6.96. The largest absolute Gasteiger partial charge is 0.467 e. The molecule has 1 saturated carbocycles. The summed E-state index contributed by atoms with van der Waals surface area (Å²) < 4.78 is 4.69. The second kappa shape index (κ2) is 11.1. The molecule has 0 aliphatic heterocycles. The van der Waals surface area contributed by atoms with Gasteiger partial charge in [-0.25, -0.2) is 4.79 Å². The zero-order valence-corrected chi connectivity index (χ0v) is 18.2. The van der Waals surface area contributed by atoms with Crippen LogP contribution in [0.25, 0.3) is 0 Å². The van der Waals surface area contributed by atoms with Gasteiger partial charge in [0, 0.05) is 28.4 Å². The second-order valence-corrected chi connectivity index (χ2v) is 7.57. The van der Waals surface area contributed by atoms with Crippen LogP contribution in [0.15, 0.2) is 48.5 Å². The second-order valence-electron chi connectivity index (χ2n) is 7.57. The highest BCUT2D eigenvalue weighted by Crippen LogP contribution is 2.18. The van der Waals surface area contributed by atoms with Crippen molar-refractivity contribution in [3.63, 3.8) is 0 Å². The first-order chi connectivity index (χ1) is 15.5. The quantitative estimate of drug-likeness (QED) is 0.439. The van der Waals surface area contributed by atoms with Gasteiger partial charge in [-0.2, -0.15) is 0 Å². The Hall–Kier alpha value is -3.63. The van der Waals surface area contributed by atoms with Gasteiger partial charge in [-0.3, -0.25) is 9.59 Å². The van der Waals surface area contributed by atoms with Crippen molar-refractivity contribution in [1.29, 1.82) is 0 Å². The molecule has 1 atom stereocenters. The number of esters is 1. The molecule has 3 N–H and O–H groups in total. The Bertz CT molecular complexity index is 1020. The Morgan fingerprint density at radius 3 is 2.12 bits per heavy atom. The van der Waals surface area contributed by atoms with Crippen LogP contribution < -0.4 is 16.0 Å². The minimum absolute atomic E-state index is 0.0586. The predicted molar refractivity (Wildman–Crippen MR) is 122 cm³/mol. The van der Waals surface area contributed by atoms with Gasteiger partial charge < -0.3 is 20.7 Å². The van der Waals surface area contributed by atoms with Crippen molar-refractivity contribution >= 4 is 23.5 Å². The normalized spacial score (nSPS) is 13.3. The number of nitrogens with one attached hydrogen (secondary N) is 3. The molecule has 1 aliphatic carbocycles. The molecule has 1 fully saturated rings. The monoisotopic (exact) mass is 433 g/mol. The van der Waals surface area contributed by atoms with E-state index in [1.165, 1.54) is 7.11 Å². The molecule has 0 spiro atoms. The first-order valence-electron chi connectivity index (χ1n) is 10.6. The number of amides is 2. The number of hydrogen-bond donors (Lipinski definition) is 3. The minimum Gasteiger partial charge on any atom is -0.467 e. The van der Waals surface area contributed by atoms with E-state index in [0.717, 1.165) is 29.7 Å². The lowest BCUT2D eigenvalue weighted by molar-refractivity contribution is -0.142. The molecule has 0 unspecified atom stereocenters. The number of carbonyl (C=O) groups is 3. The fourth-order valence-electron chi connectivity index (χ4n) is 2.93. The van der Waals surface area contributed by atoms with Crippen LogP contribution in [0, 0.1) is 11.8 Å². The maximum atomic E-state index is 12.3. The summed E-state index contributed by atoms with van der Waals surface area (Å²) in [5.41, 5.74) is 2.73. The average molecular weight is 434 g/mol. The molecule has 2 amide bonds. The molecule has 0 bridgehead atoms. The van der Waals surface area contributed by atoms with Crippen molar-refractivity contribution in [1.82, 2.24) is 10.6 Å². The summed E-state index contributed by atoms with van der Waals surface area (Å²) in [6, 6.07) is 14.0. The van der Waals surface area contributed by atoms with Crippen molar-refractivity contribution in [2.75, 3.05) is 19.0 Å². The molecule has 7 nitrogen and oxygen atoms in total. The highest BCUT2D eigenvalue weighted by molar-refractivity contribution is 5.96. The van der Waals surface area contributed by atoms with Crippen molar-refractivity contribution < 1.29 is 19.1 Å². The number of ether oxygens (including phenoxy) is 1. The summed E-state index contributed by atoms with van der Waals surface area (Å²) >= 11 is 0. The third-order valence-corrected chi connectivity index (χ3v) is 4.99. The fraction of sp³-hybridized carbons (Fsp3) is 0.320. The number of hydrogen-bond acceptors (Lipinski definition) is 5. The summed E-state index contributed by atoms with van der Waals surface area (Å²) in [4.78, 5) is 35.8. The van der Waals surface area contributed by atoms with Crippen LogP contribution in [0.5, 0.6) is 0 Å². The molecule has 0 saturated heterocycles. The van der Waals surface area contributed by atoms with Crippen LogP contribution in [0.3, 0.4) is 0 Å². The van der Waals surface area contributed by atoms with E-state index in [9.17, 15) is 14.4 Å². The van der Waals surface area contributed by atoms with E-state index in [0.29, 0.717) is 24.6 Å². The van der Waals surface area contributed by atoms with E-state index < -0.39 is 12.0 Å². The van der Waals surface area contributed by atoms with Crippen LogP contribution >= 0.6 is 0 Å². The van der Waals surface area contributed by atoms with E-state index in [2.05, 4.69) is 32.5 Å². The summed E-state index contributed by atoms with van der Waals surface area (Å²) in [5, 5.41) is 8.69. The SMILES string of the molecule is CC[C@H](NC(=O)c1ccc(C#Cc2ccc(NC(=O)CNC3CC3)cc2)cc1)C(=O)OC. The smallest absolute Gasteiger partial charge is 0.328 e. The summed E-state index contributed by atoms with van der Waals surface area (Å²) in [6.45, 7) is 2.12. The third-order valence-electron chi connectivity index (χ3n) is 4.99. The van der Waals surface area contributed by atoms with Gasteiger partial charge in [-0.05, 0) is 67.8 Å². The molecule has 0 heterocycles. The average Bonchev–Trinajstić information content (AvgIpc) is 3.65. The van der Waals surface area contributed by atoms with Crippen LogP contribution in [0.1, 0.15) is 47.7 Å². The number of anilines is 1. The maximum Gasteiger partial charge on any atom is 0.328 e. The van der Waals surface area contributed by atoms with Crippen molar-refractivity contribution in [2.24, 2.45) is 0 Å². The zero-order valence-electron chi connectivity index (χ0n) is 18.2. The summed E-state index contributed by atoms with van der Waals surface area (Å²) in [6.07, 6.45) is 2.73. The Labute approximate surface area is 187 Å². The van der Waals surface area contributed by atoms with Gasteiger partial charge in [-0.15, -0.1) is 0 Å². The summed E-state index contributed by atoms with van der Waals surface area (Å²) in [5.74, 6) is 5.25. The molecule has 3 rings (SSSR count). The van der Waals surface area contributed by atoms with E-state index in [4.69, 9.17) is 0 Å². The molecule has 7 heteroatoms. The van der Waals surface area contributed by atoms with Gasteiger partial charge in [-0.1, -0.05) is 18.8 Å². The molecule has 166 valence electrons. The van der Waals surface area contributed by atoms with Crippen LogP contribution in [0.4, 0.5) is 5.69 Å².